The van der Waals surface area contributed by atoms with Gasteiger partial charge in [0, 0.05) is 5.56 Å². The van der Waals surface area contributed by atoms with Crippen molar-refractivity contribution >= 4 is 55.9 Å². The summed E-state index contributed by atoms with van der Waals surface area (Å²) in [5.41, 5.74) is 7.35. The van der Waals surface area contributed by atoms with Crippen molar-refractivity contribution in [2.75, 3.05) is 4.72 Å². The van der Waals surface area contributed by atoms with E-state index in [1.807, 2.05) is 13.0 Å². The molecule has 0 aliphatic carbocycles. The molecule has 1 aromatic carbocycles. The molecule has 8 heteroatoms. The predicted octanol–water partition coefficient (Wildman–Crippen LogP) is 3.14. The minimum absolute atomic E-state index is 0.137. The number of sulfonamides is 1. The average molecular weight is 347 g/mol. The van der Waals surface area contributed by atoms with E-state index in [4.69, 9.17) is 29.6 Å². The van der Waals surface area contributed by atoms with Gasteiger partial charge in [0.2, 0.25) is 0 Å². The third kappa shape index (κ3) is 3.12. The molecule has 1 heterocycles. The Morgan fingerprint density at radius 3 is 2.60 bits per heavy atom. The van der Waals surface area contributed by atoms with Gasteiger partial charge in [0.15, 0.2) is 0 Å². The van der Waals surface area contributed by atoms with Gasteiger partial charge < -0.3 is 5.73 Å². The summed E-state index contributed by atoms with van der Waals surface area (Å²) in [5, 5.41) is 0. The van der Waals surface area contributed by atoms with E-state index in [2.05, 4.69) is 4.72 Å². The second-order valence-corrected chi connectivity index (χ2v) is 8.09. The molecule has 0 fully saturated rings. The van der Waals surface area contributed by atoms with E-state index >= 15 is 0 Å². The molecule has 0 atom stereocenters. The largest absolute Gasteiger partial charge is 0.389 e. The molecule has 1 aromatic heterocycles. The fourth-order valence-corrected chi connectivity index (χ4v) is 4.54. The van der Waals surface area contributed by atoms with Crippen LogP contribution < -0.4 is 10.5 Å². The maximum absolute atomic E-state index is 12.3. The smallest absolute Gasteiger partial charge is 0.271 e. The molecule has 0 aliphatic rings. The Balaban J connectivity index is 2.45. The second kappa shape index (κ2) is 5.69. The van der Waals surface area contributed by atoms with Crippen molar-refractivity contribution in [3.05, 3.63) is 45.8 Å². The molecule has 4 nitrogen and oxygen atoms in total. The van der Waals surface area contributed by atoms with Gasteiger partial charge in [-0.3, -0.25) is 4.72 Å². The molecule has 20 heavy (non-hydrogen) atoms. The van der Waals surface area contributed by atoms with E-state index in [1.165, 1.54) is 12.1 Å². The molecule has 0 amide bonds. The molecule has 0 bridgehead atoms. The number of nitrogens with one attached hydrogen (secondary N) is 1. The first-order valence-corrected chi connectivity index (χ1v) is 8.57. The SMILES string of the molecule is Cc1cccc(NS(=O)(=O)c2ccc(Cl)s2)c1C(N)=S. The summed E-state index contributed by atoms with van der Waals surface area (Å²) in [4.78, 5) is 0.144. The number of benzene rings is 1. The van der Waals surface area contributed by atoms with Gasteiger partial charge in [-0.05, 0) is 30.7 Å². The lowest BCUT2D eigenvalue weighted by molar-refractivity contribution is 0.603. The van der Waals surface area contributed by atoms with E-state index in [0.29, 0.717) is 15.6 Å². The van der Waals surface area contributed by atoms with Gasteiger partial charge in [-0.1, -0.05) is 36.0 Å². The first-order valence-electron chi connectivity index (χ1n) is 5.49. The summed E-state index contributed by atoms with van der Waals surface area (Å²) in [6.07, 6.45) is 0. The lowest BCUT2D eigenvalue weighted by Gasteiger charge is -2.13. The van der Waals surface area contributed by atoms with Gasteiger partial charge in [0.25, 0.3) is 10.0 Å². The van der Waals surface area contributed by atoms with Crippen LogP contribution in [0.4, 0.5) is 5.69 Å². The zero-order valence-electron chi connectivity index (χ0n) is 10.4. The van der Waals surface area contributed by atoms with Crippen LogP contribution in [-0.4, -0.2) is 13.4 Å². The summed E-state index contributed by atoms with van der Waals surface area (Å²) in [5.74, 6) is 0. The van der Waals surface area contributed by atoms with Gasteiger partial charge in [0.05, 0.1) is 10.0 Å². The van der Waals surface area contributed by atoms with Crippen LogP contribution in [0.3, 0.4) is 0 Å². The molecule has 0 saturated heterocycles. The summed E-state index contributed by atoms with van der Waals surface area (Å²) in [7, 11) is -3.70. The van der Waals surface area contributed by atoms with Gasteiger partial charge in [0.1, 0.15) is 9.20 Å². The van der Waals surface area contributed by atoms with Crippen molar-refractivity contribution in [2.24, 2.45) is 5.73 Å². The summed E-state index contributed by atoms with van der Waals surface area (Å²) < 4.78 is 27.6. The number of halogens is 1. The van der Waals surface area contributed by atoms with E-state index in [1.54, 1.807) is 12.1 Å². The maximum Gasteiger partial charge on any atom is 0.271 e. The Labute approximate surface area is 131 Å². The van der Waals surface area contributed by atoms with Gasteiger partial charge in [-0.15, -0.1) is 11.3 Å². The number of thiocarbonyl (C=S) groups is 1. The van der Waals surface area contributed by atoms with Crippen LogP contribution in [0.25, 0.3) is 0 Å². The summed E-state index contributed by atoms with van der Waals surface area (Å²) >= 11 is 11.7. The number of anilines is 1. The normalized spacial score (nSPS) is 11.3. The van der Waals surface area contributed by atoms with Crippen LogP contribution >= 0.6 is 35.2 Å². The third-order valence-electron chi connectivity index (χ3n) is 2.58. The molecule has 0 spiro atoms. The van der Waals surface area contributed by atoms with Gasteiger partial charge in [-0.25, -0.2) is 8.42 Å². The van der Waals surface area contributed by atoms with Crippen molar-refractivity contribution in [3.63, 3.8) is 0 Å². The number of hydrogen-bond donors (Lipinski definition) is 2. The molecular formula is C12H11ClN2O2S3. The van der Waals surface area contributed by atoms with Crippen LogP contribution in [0.2, 0.25) is 4.34 Å². The Morgan fingerprint density at radius 1 is 1.35 bits per heavy atom. The van der Waals surface area contributed by atoms with E-state index < -0.39 is 10.0 Å². The minimum Gasteiger partial charge on any atom is -0.389 e. The zero-order chi connectivity index (χ0) is 14.9. The van der Waals surface area contributed by atoms with Crippen LogP contribution in [-0.2, 0) is 10.0 Å². The number of hydrogen-bond acceptors (Lipinski definition) is 4. The van der Waals surface area contributed by atoms with Gasteiger partial charge >= 0.3 is 0 Å². The first kappa shape index (κ1) is 15.2. The van der Waals surface area contributed by atoms with Crippen molar-refractivity contribution in [1.29, 1.82) is 0 Å². The van der Waals surface area contributed by atoms with E-state index in [9.17, 15) is 8.42 Å². The average Bonchev–Trinajstić information content (AvgIpc) is 2.75. The van der Waals surface area contributed by atoms with Gasteiger partial charge in [-0.2, -0.15) is 0 Å². The first-order chi connectivity index (χ1) is 9.31. The molecule has 3 N–H and O–H groups in total. The molecular weight excluding hydrogens is 336 g/mol. The number of nitrogens with two attached hydrogens (primary N) is 1. The second-order valence-electron chi connectivity index (χ2n) is 4.03. The minimum atomic E-state index is -3.70. The Bertz CT molecular complexity index is 769. The fraction of sp³-hybridized carbons (Fsp3) is 0.0833. The van der Waals surface area contributed by atoms with Crippen LogP contribution in [0, 0.1) is 6.92 Å². The zero-order valence-corrected chi connectivity index (χ0v) is 13.6. The highest BCUT2D eigenvalue weighted by Crippen LogP contribution is 2.28. The van der Waals surface area contributed by atoms with Crippen molar-refractivity contribution in [2.45, 2.75) is 11.1 Å². The standard InChI is InChI=1S/C12H11ClN2O2S3/c1-7-3-2-4-8(11(7)12(14)18)15-20(16,17)10-6-5-9(13)19-10/h2-6,15H,1H3,(H2,14,18). The molecule has 2 rings (SSSR count). The number of rotatable bonds is 4. The Kier molecular flexibility index (Phi) is 4.33. The van der Waals surface area contributed by atoms with E-state index in [-0.39, 0.29) is 9.20 Å². The molecule has 0 saturated carbocycles. The maximum atomic E-state index is 12.3. The molecule has 106 valence electrons. The summed E-state index contributed by atoms with van der Waals surface area (Å²) in [6.45, 7) is 1.81. The molecule has 2 aromatic rings. The van der Waals surface area contributed by atoms with Crippen molar-refractivity contribution in [1.82, 2.24) is 0 Å². The summed E-state index contributed by atoms with van der Waals surface area (Å²) in [6, 6.07) is 8.15. The van der Waals surface area contributed by atoms with Crippen LogP contribution in [0.5, 0.6) is 0 Å². The van der Waals surface area contributed by atoms with Crippen molar-refractivity contribution in [3.8, 4) is 0 Å². The Hall–Kier alpha value is -1.15. The molecule has 0 aliphatic heterocycles. The lowest BCUT2D eigenvalue weighted by atomic mass is 10.1. The number of thiophene rings is 1. The monoisotopic (exact) mass is 346 g/mol. The van der Waals surface area contributed by atoms with Crippen LogP contribution in [0.15, 0.2) is 34.5 Å². The highest BCUT2D eigenvalue weighted by atomic mass is 35.5. The highest BCUT2D eigenvalue weighted by Gasteiger charge is 2.19. The fourth-order valence-electron chi connectivity index (χ4n) is 1.72. The van der Waals surface area contributed by atoms with Crippen molar-refractivity contribution < 1.29 is 8.42 Å². The molecule has 0 unspecified atom stereocenters. The van der Waals surface area contributed by atoms with E-state index in [0.717, 1.165) is 16.9 Å². The molecule has 0 radical (unpaired) electrons. The quantitative estimate of drug-likeness (QED) is 0.834. The third-order valence-corrected chi connectivity index (χ3v) is 5.87. The Morgan fingerprint density at radius 2 is 2.05 bits per heavy atom. The topological polar surface area (TPSA) is 72.2 Å². The lowest BCUT2D eigenvalue weighted by Crippen LogP contribution is -2.18. The predicted molar refractivity (Wildman–Crippen MR) is 87.2 cm³/mol. The highest BCUT2D eigenvalue weighted by molar-refractivity contribution is 7.94. The van der Waals surface area contributed by atoms with Crippen LogP contribution in [0.1, 0.15) is 11.1 Å². The number of aryl methyl sites for hydroxylation is 1.